The molecule has 74 valence electrons. The lowest BCUT2D eigenvalue weighted by molar-refractivity contribution is -0.128. The molecule has 0 radical (unpaired) electrons. The molecule has 1 amide bonds. The van der Waals surface area contributed by atoms with Gasteiger partial charge in [-0.25, -0.2) is 9.97 Å². The second-order valence-corrected chi connectivity index (χ2v) is 3.31. The van der Waals surface area contributed by atoms with Crippen LogP contribution in [0.25, 0.3) is 10.9 Å². The van der Waals surface area contributed by atoms with Gasteiger partial charge in [-0.1, -0.05) is 6.07 Å². The largest absolute Gasteiger partial charge is 0.378 e. The third-order valence-corrected chi connectivity index (χ3v) is 2.34. The SMILES string of the molecule is O=C1Cc2ccc3ncncc3c2ON1. The molecule has 1 aliphatic heterocycles. The lowest BCUT2D eigenvalue weighted by atomic mass is 10.1. The summed E-state index contributed by atoms with van der Waals surface area (Å²) < 4.78 is 0. The number of hydroxylamine groups is 1. The number of aromatic nitrogens is 2. The summed E-state index contributed by atoms with van der Waals surface area (Å²) in [6, 6.07) is 3.71. The second-order valence-electron chi connectivity index (χ2n) is 3.31. The molecule has 2 aromatic rings. The number of nitrogens with one attached hydrogen (secondary N) is 1. The van der Waals surface area contributed by atoms with Crippen LogP contribution in [0.4, 0.5) is 0 Å². The fourth-order valence-electron chi connectivity index (χ4n) is 1.65. The standard InChI is InChI=1S/C10H7N3O2/c14-9-3-6-1-2-8-7(4-11-5-12-8)10(6)15-13-9/h1-2,4-5H,3H2,(H,13,14). The third-order valence-electron chi connectivity index (χ3n) is 2.34. The molecule has 1 aliphatic rings. The Kier molecular flexibility index (Phi) is 1.58. The van der Waals surface area contributed by atoms with Gasteiger partial charge in [0.1, 0.15) is 6.33 Å². The number of nitrogens with zero attached hydrogens (tertiary/aromatic N) is 2. The first-order valence-corrected chi connectivity index (χ1v) is 4.52. The number of fused-ring (bicyclic) bond motifs is 3. The minimum absolute atomic E-state index is 0.140. The van der Waals surface area contributed by atoms with Gasteiger partial charge in [0.15, 0.2) is 5.75 Å². The summed E-state index contributed by atoms with van der Waals surface area (Å²) in [5.74, 6) is 0.506. The van der Waals surface area contributed by atoms with E-state index < -0.39 is 0 Å². The van der Waals surface area contributed by atoms with Crippen LogP contribution in [0.15, 0.2) is 24.7 Å². The molecule has 0 saturated carbocycles. The summed E-state index contributed by atoms with van der Waals surface area (Å²) in [5, 5.41) is 0.815. The Morgan fingerprint density at radius 2 is 2.33 bits per heavy atom. The number of hydrogen-bond donors (Lipinski definition) is 1. The highest BCUT2D eigenvalue weighted by atomic mass is 16.7. The van der Waals surface area contributed by atoms with Gasteiger partial charge in [0.05, 0.1) is 17.3 Å². The van der Waals surface area contributed by atoms with E-state index in [-0.39, 0.29) is 5.91 Å². The first-order chi connectivity index (χ1) is 7.34. The predicted octanol–water partition coefficient (Wildman–Crippen LogP) is 0.596. The summed E-state index contributed by atoms with van der Waals surface area (Å²) in [6.07, 6.45) is 3.49. The molecule has 1 aromatic carbocycles. The molecule has 0 bridgehead atoms. The van der Waals surface area contributed by atoms with Crippen molar-refractivity contribution in [2.75, 3.05) is 0 Å². The second kappa shape index (κ2) is 2.91. The van der Waals surface area contributed by atoms with Crippen LogP contribution >= 0.6 is 0 Å². The van der Waals surface area contributed by atoms with Crippen LogP contribution in [0.2, 0.25) is 0 Å². The van der Waals surface area contributed by atoms with Gasteiger partial charge in [0.2, 0.25) is 0 Å². The van der Waals surface area contributed by atoms with Crippen molar-refractivity contribution in [1.29, 1.82) is 0 Å². The molecule has 0 spiro atoms. The molecular formula is C10H7N3O2. The van der Waals surface area contributed by atoms with Crippen LogP contribution in [-0.2, 0) is 11.2 Å². The molecule has 0 fully saturated rings. The van der Waals surface area contributed by atoms with E-state index in [1.54, 1.807) is 6.20 Å². The van der Waals surface area contributed by atoms with Crippen molar-refractivity contribution < 1.29 is 9.63 Å². The van der Waals surface area contributed by atoms with Gasteiger partial charge in [-0.3, -0.25) is 4.79 Å². The maximum atomic E-state index is 11.1. The van der Waals surface area contributed by atoms with Crippen LogP contribution in [0, 0.1) is 0 Å². The van der Waals surface area contributed by atoms with E-state index >= 15 is 0 Å². The average Bonchev–Trinajstić information content (AvgIpc) is 2.28. The fourth-order valence-corrected chi connectivity index (χ4v) is 1.65. The molecular weight excluding hydrogens is 194 g/mol. The third kappa shape index (κ3) is 1.20. The molecule has 0 saturated heterocycles. The van der Waals surface area contributed by atoms with Gasteiger partial charge in [0.25, 0.3) is 5.91 Å². The molecule has 2 heterocycles. The topological polar surface area (TPSA) is 64.1 Å². The van der Waals surface area contributed by atoms with E-state index in [0.29, 0.717) is 12.2 Å². The van der Waals surface area contributed by atoms with Crippen molar-refractivity contribution in [1.82, 2.24) is 15.4 Å². The van der Waals surface area contributed by atoms with Gasteiger partial charge < -0.3 is 4.84 Å². The van der Waals surface area contributed by atoms with Crippen molar-refractivity contribution >= 4 is 16.8 Å². The van der Waals surface area contributed by atoms with Crippen molar-refractivity contribution in [2.24, 2.45) is 0 Å². The smallest absolute Gasteiger partial charge is 0.257 e. The minimum atomic E-state index is -0.140. The first kappa shape index (κ1) is 8.16. The van der Waals surface area contributed by atoms with Crippen LogP contribution in [-0.4, -0.2) is 15.9 Å². The predicted molar refractivity (Wildman–Crippen MR) is 52.0 cm³/mol. The molecule has 0 atom stereocenters. The van der Waals surface area contributed by atoms with Crippen LogP contribution in [0.3, 0.4) is 0 Å². The van der Waals surface area contributed by atoms with Crippen molar-refractivity contribution in [2.45, 2.75) is 6.42 Å². The zero-order valence-corrected chi connectivity index (χ0v) is 7.73. The average molecular weight is 201 g/mol. The Bertz CT molecular complexity index is 553. The lowest BCUT2D eigenvalue weighted by Gasteiger charge is -2.17. The number of carbonyl (C=O) groups is 1. The molecule has 0 aliphatic carbocycles. The van der Waals surface area contributed by atoms with E-state index in [4.69, 9.17) is 4.84 Å². The number of benzene rings is 1. The molecule has 15 heavy (non-hydrogen) atoms. The van der Waals surface area contributed by atoms with Gasteiger partial charge >= 0.3 is 0 Å². The monoisotopic (exact) mass is 201 g/mol. The van der Waals surface area contributed by atoms with Crippen molar-refractivity contribution in [3.63, 3.8) is 0 Å². The summed E-state index contributed by atoms with van der Waals surface area (Å²) in [4.78, 5) is 24.3. The van der Waals surface area contributed by atoms with E-state index in [9.17, 15) is 4.79 Å². The Hall–Kier alpha value is -2.17. The minimum Gasteiger partial charge on any atom is -0.378 e. The first-order valence-electron chi connectivity index (χ1n) is 4.52. The maximum absolute atomic E-state index is 11.1. The summed E-state index contributed by atoms with van der Waals surface area (Å²) >= 11 is 0. The molecule has 3 rings (SSSR count). The zero-order chi connectivity index (χ0) is 10.3. The Labute approximate surface area is 85.1 Å². The molecule has 5 heteroatoms. The van der Waals surface area contributed by atoms with Crippen LogP contribution in [0.1, 0.15) is 5.56 Å². The molecule has 5 nitrogen and oxygen atoms in total. The van der Waals surface area contributed by atoms with Gasteiger partial charge in [-0.2, -0.15) is 5.48 Å². The summed E-state index contributed by atoms with van der Waals surface area (Å²) in [5.41, 5.74) is 4.00. The Balaban J connectivity index is 2.30. The van der Waals surface area contributed by atoms with Crippen LogP contribution in [0.5, 0.6) is 5.75 Å². The highest BCUT2D eigenvalue weighted by molar-refractivity contribution is 5.90. The van der Waals surface area contributed by atoms with E-state index in [1.165, 1.54) is 6.33 Å². The quantitative estimate of drug-likeness (QED) is 0.677. The Morgan fingerprint density at radius 1 is 1.40 bits per heavy atom. The van der Waals surface area contributed by atoms with Gasteiger partial charge in [-0.05, 0) is 6.07 Å². The van der Waals surface area contributed by atoms with E-state index in [1.807, 2.05) is 12.1 Å². The molecule has 1 N–H and O–H groups in total. The number of hydrogen-bond acceptors (Lipinski definition) is 4. The number of rotatable bonds is 0. The number of carbonyl (C=O) groups excluding carboxylic acids is 1. The highest BCUT2D eigenvalue weighted by Crippen LogP contribution is 2.29. The van der Waals surface area contributed by atoms with Gasteiger partial charge in [0, 0.05) is 11.8 Å². The fraction of sp³-hybridized carbons (Fsp3) is 0.100. The summed E-state index contributed by atoms with van der Waals surface area (Å²) in [6.45, 7) is 0. The van der Waals surface area contributed by atoms with E-state index in [2.05, 4.69) is 15.4 Å². The number of amides is 1. The van der Waals surface area contributed by atoms with E-state index in [0.717, 1.165) is 16.5 Å². The summed E-state index contributed by atoms with van der Waals surface area (Å²) in [7, 11) is 0. The lowest BCUT2D eigenvalue weighted by Crippen LogP contribution is -2.33. The Morgan fingerprint density at radius 3 is 3.27 bits per heavy atom. The molecule has 0 unspecified atom stereocenters. The zero-order valence-electron chi connectivity index (χ0n) is 7.73. The maximum Gasteiger partial charge on any atom is 0.257 e. The molecule has 1 aromatic heterocycles. The normalized spacial score (nSPS) is 14.3. The van der Waals surface area contributed by atoms with Crippen molar-refractivity contribution in [3.05, 3.63) is 30.2 Å². The highest BCUT2D eigenvalue weighted by Gasteiger charge is 2.19. The van der Waals surface area contributed by atoms with Crippen LogP contribution < -0.4 is 10.3 Å². The van der Waals surface area contributed by atoms with Crippen molar-refractivity contribution in [3.8, 4) is 5.75 Å². The van der Waals surface area contributed by atoms with Gasteiger partial charge in [-0.15, -0.1) is 0 Å².